The third kappa shape index (κ3) is 4.29. The van der Waals surface area contributed by atoms with Crippen molar-refractivity contribution in [3.8, 4) is 0 Å². The molecule has 1 amide bonds. The highest BCUT2D eigenvalue weighted by molar-refractivity contribution is 7.88. The number of nitrogens with zero attached hydrogens (tertiary/aromatic N) is 1. The summed E-state index contributed by atoms with van der Waals surface area (Å²) in [6.07, 6.45) is 2.39. The van der Waals surface area contributed by atoms with E-state index in [1.54, 1.807) is 26.0 Å². The topological polar surface area (TPSA) is 66.5 Å². The van der Waals surface area contributed by atoms with Gasteiger partial charge in [0.25, 0.3) is 0 Å². The molecule has 0 unspecified atom stereocenters. The van der Waals surface area contributed by atoms with E-state index in [0.29, 0.717) is 25.9 Å². The summed E-state index contributed by atoms with van der Waals surface area (Å²) < 4.78 is 37.4. The van der Waals surface area contributed by atoms with Gasteiger partial charge in [-0.2, -0.15) is 0 Å². The summed E-state index contributed by atoms with van der Waals surface area (Å²) in [5.74, 6) is -0.472. The van der Waals surface area contributed by atoms with Gasteiger partial charge >= 0.3 is 0 Å². The van der Waals surface area contributed by atoms with Gasteiger partial charge in [-0.25, -0.2) is 17.1 Å². The molecule has 0 saturated carbocycles. The number of rotatable bonds is 4. The van der Waals surface area contributed by atoms with Crippen LogP contribution in [0, 0.1) is 5.82 Å². The van der Waals surface area contributed by atoms with Crippen molar-refractivity contribution in [3.05, 3.63) is 35.6 Å². The molecule has 1 fully saturated rings. The van der Waals surface area contributed by atoms with E-state index < -0.39 is 15.4 Å². The Labute approximate surface area is 136 Å². The number of sulfonamides is 1. The Hall–Kier alpha value is -1.47. The number of carbonyl (C=O) groups excluding carboxylic acids is 1. The van der Waals surface area contributed by atoms with Crippen molar-refractivity contribution in [1.82, 2.24) is 9.62 Å². The highest BCUT2D eigenvalue weighted by atomic mass is 32.2. The van der Waals surface area contributed by atoms with Crippen molar-refractivity contribution in [1.29, 1.82) is 0 Å². The standard InChI is InChI=1S/C16H23FN2O3S/c1-16(2,12-4-6-13(17)7-5-12)15(20)18-14-8-10-19(11-9-14)23(3,21)22/h4-7,14H,8-11H2,1-3H3,(H,18,20). The molecular formula is C16H23FN2O3S. The van der Waals surface area contributed by atoms with Crippen LogP contribution in [-0.4, -0.2) is 44.0 Å². The van der Waals surface area contributed by atoms with Crippen LogP contribution in [0.15, 0.2) is 24.3 Å². The summed E-state index contributed by atoms with van der Waals surface area (Å²) in [6, 6.07) is 5.87. The summed E-state index contributed by atoms with van der Waals surface area (Å²) in [4.78, 5) is 12.6. The second-order valence-corrected chi connectivity index (χ2v) is 8.52. The Morgan fingerprint density at radius 2 is 1.74 bits per heavy atom. The maximum absolute atomic E-state index is 13.0. The Morgan fingerprint density at radius 1 is 1.22 bits per heavy atom. The summed E-state index contributed by atoms with van der Waals surface area (Å²) >= 11 is 0. The first-order valence-electron chi connectivity index (χ1n) is 7.63. The molecule has 0 aromatic heterocycles. The van der Waals surface area contributed by atoms with Crippen LogP contribution in [0.3, 0.4) is 0 Å². The smallest absolute Gasteiger partial charge is 0.230 e. The monoisotopic (exact) mass is 342 g/mol. The molecule has 2 rings (SSSR count). The Kier molecular flexibility index (Phi) is 5.10. The molecule has 1 N–H and O–H groups in total. The first kappa shape index (κ1) is 17.9. The van der Waals surface area contributed by atoms with Gasteiger partial charge in [-0.3, -0.25) is 4.79 Å². The number of hydrogen-bond donors (Lipinski definition) is 1. The van der Waals surface area contributed by atoms with E-state index in [2.05, 4.69) is 5.32 Å². The molecule has 1 aliphatic heterocycles. The van der Waals surface area contributed by atoms with Crippen molar-refractivity contribution in [3.63, 3.8) is 0 Å². The first-order chi connectivity index (χ1) is 10.6. The van der Waals surface area contributed by atoms with Gasteiger partial charge in [0.2, 0.25) is 15.9 Å². The predicted octanol–water partition coefficient (Wildman–Crippen LogP) is 1.64. The van der Waals surface area contributed by atoms with E-state index in [1.807, 2.05) is 0 Å². The number of piperidine rings is 1. The fourth-order valence-corrected chi connectivity index (χ4v) is 3.57. The molecule has 5 nitrogen and oxygen atoms in total. The van der Waals surface area contributed by atoms with Gasteiger partial charge in [0.05, 0.1) is 11.7 Å². The van der Waals surface area contributed by atoms with E-state index in [9.17, 15) is 17.6 Å². The van der Waals surface area contributed by atoms with Crippen LogP contribution in [0.4, 0.5) is 4.39 Å². The highest BCUT2D eigenvalue weighted by Gasteiger charge is 2.33. The fraction of sp³-hybridized carbons (Fsp3) is 0.562. The molecule has 7 heteroatoms. The first-order valence-corrected chi connectivity index (χ1v) is 9.47. The zero-order valence-electron chi connectivity index (χ0n) is 13.7. The fourth-order valence-electron chi connectivity index (χ4n) is 2.70. The molecule has 0 aliphatic carbocycles. The Bertz CT molecular complexity index is 663. The molecule has 1 aromatic rings. The molecule has 1 heterocycles. The summed E-state index contributed by atoms with van der Waals surface area (Å²) in [7, 11) is -3.17. The lowest BCUT2D eigenvalue weighted by atomic mass is 9.83. The zero-order valence-corrected chi connectivity index (χ0v) is 14.5. The number of carbonyl (C=O) groups is 1. The van der Waals surface area contributed by atoms with Crippen LogP contribution in [0.5, 0.6) is 0 Å². The largest absolute Gasteiger partial charge is 0.353 e. The second kappa shape index (κ2) is 6.57. The molecule has 0 bridgehead atoms. The van der Waals surface area contributed by atoms with Gasteiger partial charge in [-0.1, -0.05) is 12.1 Å². The number of nitrogens with one attached hydrogen (secondary N) is 1. The summed E-state index contributed by atoms with van der Waals surface area (Å²) in [5, 5.41) is 2.99. The molecule has 0 spiro atoms. The lowest BCUT2D eigenvalue weighted by molar-refractivity contribution is -0.126. The van der Waals surface area contributed by atoms with Crippen LogP contribution in [0.1, 0.15) is 32.3 Å². The van der Waals surface area contributed by atoms with E-state index in [-0.39, 0.29) is 17.8 Å². The van der Waals surface area contributed by atoms with Gasteiger partial charge < -0.3 is 5.32 Å². The van der Waals surface area contributed by atoms with Crippen molar-refractivity contribution < 1.29 is 17.6 Å². The van der Waals surface area contributed by atoms with Crippen molar-refractivity contribution in [2.24, 2.45) is 0 Å². The van der Waals surface area contributed by atoms with E-state index >= 15 is 0 Å². The number of amides is 1. The molecule has 23 heavy (non-hydrogen) atoms. The number of halogens is 1. The van der Waals surface area contributed by atoms with E-state index in [0.717, 1.165) is 5.56 Å². The average Bonchev–Trinajstić information content (AvgIpc) is 2.47. The minimum absolute atomic E-state index is 0.0415. The Balaban J connectivity index is 1.98. The number of hydrogen-bond acceptors (Lipinski definition) is 3. The van der Waals surface area contributed by atoms with Gasteiger partial charge in [-0.15, -0.1) is 0 Å². The van der Waals surface area contributed by atoms with Crippen LogP contribution in [0.25, 0.3) is 0 Å². The maximum atomic E-state index is 13.0. The molecule has 0 radical (unpaired) electrons. The third-order valence-electron chi connectivity index (χ3n) is 4.39. The van der Waals surface area contributed by atoms with Crippen LogP contribution < -0.4 is 5.32 Å². The minimum atomic E-state index is -3.17. The van der Waals surface area contributed by atoms with Crippen molar-refractivity contribution in [2.75, 3.05) is 19.3 Å². The predicted molar refractivity (Wildman–Crippen MR) is 87.0 cm³/mol. The molecular weight excluding hydrogens is 319 g/mol. The third-order valence-corrected chi connectivity index (χ3v) is 5.69. The molecule has 1 aromatic carbocycles. The van der Waals surface area contributed by atoms with Crippen LogP contribution in [0.2, 0.25) is 0 Å². The van der Waals surface area contributed by atoms with Gasteiger partial charge in [-0.05, 0) is 44.4 Å². The maximum Gasteiger partial charge on any atom is 0.230 e. The normalized spacial score (nSPS) is 17.9. The second-order valence-electron chi connectivity index (χ2n) is 6.54. The zero-order chi connectivity index (χ0) is 17.3. The van der Waals surface area contributed by atoms with E-state index in [1.165, 1.54) is 22.7 Å². The SMILES string of the molecule is CC(C)(C(=O)NC1CCN(S(C)(=O)=O)CC1)c1ccc(F)cc1. The van der Waals surface area contributed by atoms with Crippen LogP contribution in [-0.2, 0) is 20.2 Å². The highest BCUT2D eigenvalue weighted by Crippen LogP contribution is 2.24. The molecule has 0 atom stereocenters. The minimum Gasteiger partial charge on any atom is -0.353 e. The molecule has 1 saturated heterocycles. The van der Waals surface area contributed by atoms with Crippen molar-refractivity contribution >= 4 is 15.9 Å². The van der Waals surface area contributed by atoms with Gasteiger partial charge in [0, 0.05) is 19.1 Å². The van der Waals surface area contributed by atoms with Gasteiger partial charge in [0.1, 0.15) is 5.82 Å². The Morgan fingerprint density at radius 3 is 2.22 bits per heavy atom. The lowest BCUT2D eigenvalue weighted by Crippen LogP contribution is -2.50. The van der Waals surface area contributed by atoms with E-state index in [4.69, 9.17) is 0 Å². The van der Waals surface area contributed by atoms with Crippen molar-refractivity contribution in [2.45, 2.75) is 38.1 Å². The van der Waals surface area contributed by atoms with Crippen LogP contribution >= 0.6 is 0 Å². The number of benzene rings is 1. The quantitative estimate of drug-likeness (QED) is 0.905. The van der Waals surface area contributed by atoms with Gasteiger partial charge in [0.15, 0.2) is 0 Å². The summed E-state index contributed by atoms with van der Waals surface area (Å²) in [5.41, 5.74) is -0.0354. The summed E-state index contributed by atoms with van der Waals surface area (Å²) in [6.45, 7) is 4.42. The molecule has 128 valence electrons. The average molecular weight is 342 g/mol. The molecule has 1 aliphatic rings. The lowest BCUT2D eigenvalue weighted by Gasteiger charge is -2.33.